The lowest BCUT2D eigenvalue weighted by Gasteiger charge is -2.09. The predicted octanol–water partition coefficient (Wildman–Crippen LogP) is -1.36. The topological polar surface area (TPSA) is 120 Å². The highest BCUT2D eigenvalue weighted by Crippen LogP contribution is 2.18. The number of hydrazone groups is 1. The number of carbonyl (C=O) groups is 3. The lowest BCUT2D eigenvalue weighted by atomic mass is 10.1. The third-order valence-electron chi connectivity index (χ3n) is 2.35. The first-order valence-corrected chi connectivity index (χ1v) is 6.02. The van der Waals surface area contributed by atoms with E-state index in [1.807, 2.05) is 5.43 Å². The number of carboxylic acid groups (broad SMARTS) is 1. The first-order valence-electron chi connectivity index (χ1n) is 6.02. The zero-order valence-electron chi connectivity index (χ0n) is 11.5. The minimum atomic E-state index is -1.35. The van der Waals surface area contributed by atoms with Gasteiger partial charge in [0.2, 0.25) is 0 Å². The number of amides is 2. The van der Waals surface area contributed by atoms with Crippen LogP contribution in [0.3, 0.4) is 0 Å². The minimum absolute atomic E-state index is 0.0578. The van der Waals surface area contributed by atoms with Crippen molar-refractivity contribution in [2.45, 2.75) is 6.92 Å². The summed E-state index contributed by atoms with van der Waals surface area (Å²) in [6.45, 7) is 2.14. The van der Waals surface area contributed by atoms with Crippen molar-refractivity contribution in [3.63, 3.8) is 0 Å². The lowest BCUT2D eigenvalue weighted by molar-refractivity contribution is -0.255. The molecule has 0 aromatic heterocycles. The summed E-state index contributed by atoms with van der Waals surface area (Å²) in [7, 11) is 1.31. The molecule has 21 heavy (non-hydrogen) atoms. The van der Waals surface area contributed by atoms with Gasteiger partial charge in [-0.1, -0.05) is 0 Å². The molecule has 0 fully saturated rings. The van der Waals surface area contributed by atoms with Crippen molar-refractivity contribution in [2.24, 2.45) is 5.10 Å². The molecule has 1 aromatic carbocycles. The van der Waals surface area contributed by atoms with Gasteiger partial charge in [0.05, 0.1) is 18.8 Å². The first-order chi connectivity index (χ1) is 9.99. The van der Waals surface area contributed by atoms with E-state index >= 15 is 0 Å². The molecule has 0 unspecified atom stereocenters. The quantitative estimate of drug-likeness (QED) is 0.395. The van der Waals surface area contributed by atoms with Gasteiger partial charge >= 0.3 is 11.8 Å². The molecule has 0 heterocycles. The third-order valence-corrected chi connectivity index (χ3v) is 2.35. The van der Waals surface area contributed by atoms with Gasteiger partial charge in [0.25, 0.3) is 0 Å². The number of carbonyl (C=O) groups excluding carboxylic acids is 3. The third kappa shape index (κ3) is 4.60. The fourth-order valence-corrected chi connectivity index (χ4v) is 1.39. The number of ether oxygens (including phenoxy) is 1. The van der Waals surface area contributed by atoms with E-state index in [-0.39, 0.29) is 5.56 Å². The van der Waals surface area contributed by atoms with Gasteiger partial charge in [-0.25, -0.2) is 5.43 Å². The van der Waals surface area contributed by atoms with Crippen molar-refractivity contribution in [1.29, 1.82) is 0 Å². The highest BCUT2D eigenvalue weighted by molar-refractivity contribution is 6.35. The monoisotopic (exact) mass is 292 g/mol. The van der Waals surface area contributed by atoms with Crippen LogP contribution in [0.1, 0.15) is 22.8 Å². The van der Waals surface area contributed by atoms with Crippen LogP contribution >= 0.6 is 0 Å². The molecule has 0 bridgehead atoms. The second-order valence-electron chi connectivity index (χ2n) is 3.75. The van der Waals surface area contributed by atoms with Gasteiger partial charge in [-0.05, 0) is 30.7 Å². The fraction of sp³-hybridized carbons (Fsp3) is 0.231. The van der Waals surface area contributed by atoms with Gasteiger partial charge in [0.15, 0.2) is 0 Å². The molecule has 0 aliphatic carbocycles. The second kappa shape index (κ2) is 7.63. The van der Waals surface area contributed by atoms with E-state index in [9.17, 15) is 19.5 Å². The Hall–Kier alpha value is -2.90. The van der Waals surface area contributed by atoms with Crippen molar-refractivity contribution in [3.05, 3.63) is 29.3 Å². The van der Waals surface area contributed by atoms with E-state index in [4.69, 9.17) is 4.74 Å². The Morgan fingerprint density at radius 3 is 2.62 bits per heavy atom. The summed E-state index contributed by atoms with van der Waals surface area (Å²) in [4.78, 5) is 33.0. The summed E-state index contributed by atoms with van der Waals surface area (Å²) >= 11 is 0. The maximum atomic E-state index is 11.2. The standard InChI is InChI=1S/C13H15N3O5/c1-3-21-10-5-4-8(13(19)20)6-9(10)7-15-16-12(18)11(17)14-2/h4-7H,3H2,1-2H3,(H,14,17)(H,16,18)(H,19,20)/p-1/b15-7-. The molecule has 2 amide bonds. The van der Waals surface area contributed by atoms with Gasteiger partial charge in [-0.15, -0.1) is 0 Å². The number of aromatic carboxylic acids is 1. The number of carboxylic acids is 1. The van der Waals surface area contributed by atoms with Crippen molar-refractivity contribution < 1.29 is 24.2 Å². The van der Waals surface area contributed by atoms with Crippen LogP contribution in [0, 0.1) is 0 Å². The molecule has 2 N–H and O–H groups in total. The molecular weight excluding hydrogens is 278 g/mol. The van der Waals surface area contributed by atoms with E-state index in [0.717, 1.165) is 0 Å². The minimum Gasteiger partial charge on any atom is -0.545 e. The Balaban J connectivity index is 2.93. The predicted molar refractivity (Wildman–Crippen MR) is 71.7 cm³/mol. The zero-order chi connectivity index (χ0) is 15.8. The van der Waals surface area contributed by atoms with Crippen LogP contribution in [-0.4, -0.2) is 37.7 Å². The Kier molecular flexibility index (Phi) is 5.87. The Morgan fingerprint density at radius 2 is 2.05 bits per heavy atom. The average Bonchev–Trinajstić information content (AvgIpc) is 2.47. The normalized spacial score (nSPS) is 10.2. The first kappa shape index (κ1) is 16.2. The summed E-state index contributed by atoms with van der Waals surface area (Å²) in [5.41, 5.74) is 2.27. The number of rotatable bonds is 5. The fourth-order valence-electron chi connectivity index (χ4n) is 1.39. The molecule has 0 saturated carbocycles. The van der Waals surface area contributed by atoms with Crippen LogP contribution in [0.4, 0.5) is 0 Å². The van der Waals surface area contributed by atoms with Crippen molar-refractivity contribution in [2.75, 3.05) is 13.7 Å². The summed E-state index contributed by atoms with van der Waals surface area (Å²) in [6.07, 6.45) is 1.18. The van der Waals surface area contributed by atoms with Crippen molar-refractivity contribution >= 4 is 24.0 Å². The molecule has 8 nitrogen and oxygen atoms in total. The van der Waals surface area contributed by atoms with Crippen LogP contribution in [0.5, 0.6) is 5.75 Å². The Labute approximate surface area is 120 Å². The summed E-state index contributed by atoms with van der Waals surface area (Å²) in [6, 6.07) is 4.08. The van der Waals surface area contributed by atoms with Gasteiger partial charge in [0.1, 0.15) is 5.75 Å². The van der Waals surface area contributed by atoms with Gasteiger partial charge in [-0.2, -0.15) is 5.10 Å². The van der Waals surface area contributed by atoms with E-state index in [1.54, 1.807) is 6.92 Å². The maximum Gasteiger partial charge on any atom is 0.329 e. The molecular formula is C13H14N3O5-. The molecule has 0 saturated heterocycles. The molecule has 0 aliphatic heterocycles. The van der Waals surface area contributed by atoms with Crippen LogP contribution < -0.4 is 20.6 Å². The lowest BCUT2D eigenvalue weighted by Crippen LogP contribution is -2.35. The van der Waals surface area contributed by atoms with Crippen LogP contribution in [-0.2, 0) is 9.59 Å². The van der Waals surface area contributed by atoms with Crippen molar-refractivity contribution in [3.8, 4) is 5.75 Å². The number of nitrogens with zero attached hydrogens (tertiary/aromatic N) is 1. The maximum absolute atomic E-state index is 11.2. The van der Waals surface area contributed by atoms with E-state index in [0.29, 0.717) is 17.9 Å². The zero-order valence-corrected chi connectivity index (χ0v) is 11.5. The highest BCUT2D eigenvalue weighted by atomic mass is 16.5. The van der Waals surface area contributed by atoms with E-state index < -0.39 is 17.8 Å². The molecule has 1 rings (SSSR count). The number of benzene rings is 1. The molecule has 8 heteroatoms. The SMILES string of the molecule is CCOc1ccc(C(=O)[O-])cc1/C=N\NC(=O)C(=O)NC. The molecule has 0 radical (unpaired) electrons. The average molecular weight is 292 g/mol. The number of hydrogen-bond acceptors (Lipinski definition) is 6. The van der Waals surface area contributed by atoms with Gasteiger partial charge in [0, 0.05) is 12.6 Å². The van der Waals surface area contributed by atoms with Crippen molar-refractivity contribution in [1.82, 2.24) is 10.7 Å². The molecule has 0 spiro atoms. The van der Waals surface area contributed by atoms with Gasteiger partial charge < -0.3 is 20.0 Å². The molecule has 0 atom stereocenters. The second-order valence-corrected chi connectivity index (χ2v) is 3.75. The molecule has 1 aromatic rings. The summed E-state index contributed by atoms with van der Waals surface area (Å²) in [5.74, 6) is -2.74. The summed E-state index contributed by atoms with van der Waals surface area (Å²) in [5, 5.41) is 16.5. The van der Waals surface area contributed by atoms with Crippen LogP contribution in [0.25, 0.3) is 0 Å². The Bertz CT molecular complexity index is 583. The van der Waals surface area contributed by atoms with Gasteiger partial charge in [-0.3, -0.25) is 9.59 Å². The molecule has 0 aliphatic rings. The highest BCUT2D eigenvalue weighted by Gasteiger charge is 2.09. The number of likely N-dealkylation sites (N-methyl/N-ethyl adjacent to an activating group) is 1. The molecule has 112 valence electrons. The van der Waals surface area contributed by atoms with Crippen LogP contribution in [0.2, 0.25) is 0 Å². The van der Waals surface area contributed by atoms with E-state index in [1.165, 1.54) is 31.5 Å². The number of nitrogens with one attached hydrogen (secondary N) is 2. The Morgan fingerprint density at radius 1 is 1.33 bits per heavy atom. The van der Waals surface area contributed by atoms with E-state index in [2.05, 4.69) is 10.4 Å². The smallest absolute Gasteiger partial charge is 0.329 e. The van der Waals surface area contributed by atoms with Crippen LogP contribution in [0.15, 0.2) is 23.3 Å². The summed E-state index contributed by atoms with van der Waals surface area (Å²) < 4.78 is 5.30. The largest absolute Gasteiger partial charge is 0.545 e. The number of hydrogen-bond donors (Lipinski definition) is 2.